The molecule has 0 aromatic heterocycles. The monoisotopic (exact) mass is 246 g/mol. The standard InChI is InChI=1S/C15H18O3/c1-4-10-16-11-13-14(18-15(2,3)17-13)12-8-6-5-7-9-12/h1,5-9,13-14H,10-11H2,2-3H3/t13-,14-/m1/s1. The molecule has 1 heterocycles. The number of ether oxygens (including phenoxy) is 3. The molecule has 0 radical (unpaired) electrons. The predicted molar refractivity (Wildman–Crippen MR) is 68.9 cm³/mol. The molecule has 18 heavy (non-hydrogen) atoms. The maximum atomic E-state index is 5.92. The lowest BCUT2D eigenvalue weighted by Crippen LogP contribution is -2.24. The molecule has 3 nitrogen and oxygen atoms in total. The van der Waals surface area contributed by atoms with Gasteiger partial charge in [-0.3, -0.25) is 0 Å². The van der Waals surface area contributed by atoms with Crippen LogP contribution < -0.4 is 0 Å². The lowest BCUT2D eigenvalue weighted by molar-refractivity contribution is -0.150. The van der Waals surface area contributed by atoms with Crippen LogP contribution >= 0.6 is 0 Å². The Balaban J connectivity index is 2.09. The molecule has 0 spiro atoms. The third kappa shape index (κ3) is 3.11. The summed E-state index contributed by atoms with van der Waals surface area (Å²) in [6, 6.07) is 10.0. The van der Waals surface area contributed by atoms with Crippen molar-refractivity contribution in [3.05, 3.63) is 35.9 Å². The molecule has 96 valence electrons. The van der Waals surface area contributed by atoms with E-state index in [9.17, 15) is 0 Å². The fourth-order valence-electron chi connectivity index (χ4n) is 2.12. The fraction of sp³-hybridized carbons (Fsp3) is 0.467. The van der Waals surface area contributed by atoms with Gasteiger partial charge < -0.3 is 14.2 Å². The quantitative estimate of drug-likeness (QED) is 0.603. The molecule has 2 atom stereocenters. The number of hydrogen-bond acceptors (Lipinski definition) is 3. The molecule has 1 aliphatic rings. The van der Waals surface area contributed by atoms with Gasteiger partial charge in [-0.25, -0.2) is 0 Å². The normalized spacial score (nSPS) is 25.8. The molecular formula is C15H18O3. The van der Waals surface area contributed by atoms with Gasteiger partial charge >= 0.3 is 0 Å². The Bertz CT molecular complexity index is 419. The molecule has 1 aliphatic heterocycles. The van der Waals surface area contributed by atoms with Crippen LogP contribution in [0.5, 0.6) is 0 Å². The van der Waals surface area contributed by atoms with Gasteiger partial charge in [-0.2, -0.15) is 0 Å². The van der Waals surface area contributed by atoms with Crippen molar-refractivity contribution in [2.75, 3.05) is 13.2 Å². The molecule has 0 bridgehead atoms. The predicted octanol–water partition coefficient (Wildman–Crippen LogP) is 2.53. The van der Waals surface area contributed by atoms with Crippen molar-refractivity contribution in [1.29, 1.82) is 0 Å². The smallest absolute Gasteiger partial charge is 0.164 e. The van der Waals surface area contributed by atoms with E-state index in [1.54, 1.807) is 0 Å². The van der Waals surface area contributed by atoms with Crippen molar-refractivity contribution in [3.8, 4) is 12.3 Å². The molecule has 0 unspecified atom stereocenters. The third-order valence-corrected chi connectivity index (χ3v) is 2.78. The third-order valence-electron chi connectivity index (χ3n) is 2.78. The first-order valence-corrected chi connectivity index (χ1v) is 6.04. The molecule has 0 aliphatic carbocycles. The molecule has 2 rings (SSSR count). The molecule has 1 aromatic carbocycles. The van der Waals surface area contributed by atoms with E-state index in [0.29, 0.717) is 13.2 Å². The summed E-state index contributed by atoms with van der Waals surface area (Å²) < 4.78 is 17.1. The van der Waals surface area contributed by atoms with Gasteiger partial charge in [0.15, 0.2) is 5.79 Å². The van der Waals surface area contributed by atoms with E-state index in [1.165, 1.54) is 0 Å². The van der Waals surface area contributed by atoms with Crippen LogP contribution in [0.4, 0.5) is 0 Å². The summed E-state index contributed by atoms with van der Waals surface area (Å²) in [6.45, 7) is 4.54. The van der Waals surface area contributed by atoms with E-state index < -0.39 is 5.79 Å². The Kier molecular flexibility index (Phi) is 4.03. The summed E-state index contributed by atoms with van der Waals surface area (Å²) >= 11 is 0. The van der Waals surface area contributed by atoms with Crippen LogP contribution in [-0.2, 0) is 14.2 Å². The largest absolute Gasteiger partial charge is 0.366 e. The average molecular weight is 246 g/mol. The van der Waals surface area contributed by atoms with Crippen molar-refractivity contribution >= 4 is 0 Å². The SMILES string of the molecule is C#CCOC[C@H]1OC(C)(C)O[C@@H]1c1ccccc1. The van der Waals surface area contributed by atoms with E-state index in [-0.39, 0.29) is 12.2 Å². The Labute approximate surface area is 108 Å². The zero-order valence-corrected chi connectivity index (χ0v) is 10.8. The zero-order valence-electron chi connectivity index (χ0n) is 10.8. The first-order chi connectivity index (χ1) is 8.62. The lowest BCUT2D eigenvalue weighted by Gasteiger charge is -2.16. The van der Waals surface area contributed by atoms with E-state index in [2.05, 4.69) is 5.92 Å². The van der Waals surface area contributed by atoms with Gasteiger partial charge in [0.1, 0.15) is 18.8 Å². The topological polar surface area (TPSA) is 27.7 Å². The van der Waals surface area contributed by atoms with Crippen molar-refractivity contribution in [2.45, 2.75) is 31.8 Å². The maximum Gasteiger partial charge on any atom is 0.164 e. The minimum atomic E-state index is -0.593. The highest BCUT2D eigenvalue weighted by molar-refractivity contribution is 5.19. The maximum absolute atomic E-state index is 5.92. The minimum Gasteiger partial charge on any atom is -0.366 e. The second-order valence-corrected chi connectivity index (χ2v) is 4.72. The molecule has 0 saturated carbocycles. The molecule has 1 aromatic rings. The van der Waals surface area contributed by atoms with Crippen LogP contribution in [0.15, 0.2) is 30.3 Å². The molecule has 3 heteroatoms. The van der Waals surface area contributed by atoms with E-state index in [0.717, 1.165) is 5.56 Å². The zero-order chi connectivity index (χ0) is 13.0. The highest BCUT2D eigenvalue weighted by Crippen LogP contribution is 2.38. The first kappa shape index (κ1) is 13.1. The van der Waals surface area contributed by atoms with Crippen molar-refractivity contribution in [3.63, 3.8) is 0 Å². The average Bonchev–Trinajstić information content (AvgIpc) is 2.66. The van der Waals surface area contributed by atoms with Crippen LogP contribution in [0.1, 0.15) is 25.5 Å². The Morgan fingerprint density at radius 1 is 1.28 bits per heavy atom. The van der Waals surface area contributed by atoms with Gasteiger partial charge in [-0.1, -0.05) is 36.3 Å². The van der Waals surface area contributed by atoms with Gasteiger partial charge in [0, 0.05) is 0 Å². The van der Waals surface area contributed by atoms with Crippen molar-refractivity contribution in [2.24, 2.45) is 0 Å². The van der Waals surface area contributed by atoms with Gasteiger partial charge in [-0.15, -0.1) is 6.42 Å². The second-order valence-electron chi connectivity index (χ2n) is 4.72. The van der Waals surface area contributed by atoms with Crippen LogP contribution in [-0.4, -0.2) is 25.1 Å². The lowest BCUT2D eigenvalue weighted by atomic mass is 10.1. The summed E-state index contributed by atoms with van der Waals surface area (Å²) in [4.78, 5) is 0. The van der Waals surface area contributed by atoms with Crippen LogP contribution in [0, 0.1) is 12.3 Å². The van der Waals surface area contributed by atoms with Gasteiger partial charge in [0.25, 0.3) is 0 Å². The van der Waals surface area contributed by atoms with Gasteiger partial charge in [0.2, 0.25) is 0 Å². The van der Waals surface area contributed by atoms with Crippen LogP contribution in [0.25, 0.3) is 0 Å². The summed E-state index contributed by atoms with van der Waals surface area (Å²) in [5, 5.41) is 0. The second kappa shape index (κ2) is 5.53. The molecule has 0 amide bonds. The Hall–Kier alpha value is -1.34. The number of hydrogen-bond donors (Lipinski definition) is 0. The van der Waals surface area contributed by atoms with Crippen LogP contribution in [0.2, 0.25) is 0 Å². The van der Waals surface area contributed by atoms with E-state index in [1.807, 2.05) is 44.2 Å². The summed E-state index contributed by atoms with van der Waals surface area (Å²) in [7, 11) is 0. The summed E-state index contributed by atoms with van der Waals surface area (Å²) in [5.41, 5.74) is 1.09. The molecule has 0 N–H and O–H groups in total. The van der Waals surface area contributed by atoms with E-state index in [4.69, 9.17) is 20.6 Å². The van der Waals surface area contributed by atoms with Gasteiger partial charge in [0.05, 0.1) is 6.61 Å². The molecular weight excluding hydrogens is 228 g/mol. The van der Waals surface area contributed by atoms with E-state index >= 15 is 0 Å². The minimum absolute atomic E-state index is 0.112. The number of benzene rings is 1. The summed E-state index contributed by atoms with van der Waals surface area (Å²) in [5.74, 6) is 1.86. The Morgan fingerprint density at radius 3 is 2.67 bits per heavy atom. The molecule has 1 fully saturated rings. The van der Waals surface area contributed by atoms with Gasteiger partial charge in [-0.05, 0) is 19.4 Å². The molecule has 1 saturated heterocycles. The van der Waals surface area contributed by atoms with Crippen LogP contribution in [0.3, 0.4) is 0 Å². The first-order valence-electron chi connectivity index (χ1n) is 6.04. The highest BCUT2D eigenvalue weighted by Gasteiger charge is 2.41. The Morgan fingerprint density at radius 2 is 2.00 bits per heavy atom. The summed E-state index contributed by atoms with van der Waals surface area (Å²) in [6.07, 6.45) is 4.92. The number of rotatable bonds is 4. The number of terminal acetylenes is 1. The van der Waals surface area contributed by atoms with Crippen molar-refractivity contribution in [1.82, 2.24) is 0 Å². The fourth-order valence-corrected chi connectivity index (χ4v) is 2.12. The highest BCUT2D eigenvalue weighted by atomic mass is 16.8. The van der Waals surface area contributed by atoms with Crippen molar-refractivity contribution < 1.29 is 14.2 Å².